The van der Waals surface area contributed by atoms with E-state index in [1.165, 1.54) is 53.9 Å². The van der Waals surface area contributed by atoms with E-state index in [1.807, 2.05) is 144 Å². The third-order valence-electron chi connectivity index (χ3n) is 18.0. The zero-order valence-corrected chi connectivity index (χ0v) is 97.6. The molecule has 2 aliphatic heterocycles. The number of hydrogen-bond acceptors (Lipinski definition) is 21. The standard InChI is InChI=1S/C14H18N2O.C12H16N2.C8H14N2O.C8H15NO.C7H12N2O.C7H11NO2.C7H11NOS.C6H10F2.C6H13NO.C6H11N.C6H12O2.C5H10N4.C5H11NO2.C5H11NO.C5H10O2.CH4/c1-9(17)15-13-8-10-7-11(14(2,3)4)5-6-12(10)16-13;1-12(2,3)9-4-5-10-8(6-9)7-11(13)14-10;1-8(2,3)6-5-7(11)9-10(6)4;1-8(2,3)6-5-7(10)9-4;1-7(2,3)5-4-6(10)9-8-5;2*1-7(2,3)5-4-6(9)8-10-5;1-6(2,3)4-5(7)8;1-6(2,3)5(8)7-4;1-6(2,3)5-7-4;1-6(2,3)5(7)8-4;1-5(2,3)4-6-8-9-7-4;1-5(2,3)4(7)6-8;2*1-5(2,3)4(6)7;/h5-7H,8H2,1-4H3,(H,15,16,17);4-6H,7H2,1-3H3,(H2,13,14);5H,1-4H3,(H,9,11);5-6H,1-4H3,(H,9,10);4H,1-3H3,(H2,8,9,10);2*4H,1-3H3,(H,8,9);4H,1-3H3;1-4H3,(H,7,8);5H2,1-3H3;1-4H3;1-3H3,(H,6,7,8,9);8H,1-3H3,(H,6,7);1-3H3,(H2,6,7);1-3H3,(H,6,7);1H4/b;;;6-5+;;;;;;;;;;;;. The van der Waals surface area contributed by atoms with Gasteiger partial charge >= 0.3 is 11.9 Å². The first-order valence-corrected chi connectivity index (χ1v) is 48.1. The summed E-state index contributed by atoms with van der Waals surface area (Å²) in [5.41, 5.74) is 19.3. The number of fused-ring (bicyclic) bond motifs is 2. The Morgan fingerprint density at radius 1 is 0.559 bits per heavy atom. The molecule has 0 atom stereocenters. The number of primary amides is 1. The summed E-state index contributed by atoms with van der Waals surface area (Å²) < 4.78 is 36.6. The number of ether oxygens (including phenoxy) is 1. The number of nitrogens with zero attached hydrogens (tertiary/aromatic N) is 7. The van der Waals surface area contributed by atoms with Crippen LogP contribution in [0.4, 0.5) is 20.2 Å². The van der Waals surface area contributed by atoms with Crippen LogP contribution in [0.15, 0.2) is 119 Å². The Morgan fingerprint density at radius 2 is 1.01 bits per heavy atom. The second-order valence-electron chi connectivity index (χ2n) is 49.7. The first kappa shape index (κ1) is 146. The van der Waals surface area contributed by atoms with Crippen molar-refractivity contribution >= 4 is 76.1 Å². The molecule has 0 saturated heterocycles. The molecule has 0 fully saturated rings. The van der Waals surface area contributed by atoms with E-state index in [0.717, 1.165) is 64.1 Å². The summed E-state index contributed by atoms with van der Waals surface area (Å²) in [6.07, 6.45) is 4.30. The minimum atomic E-state index is -1.60. The summed E-state index contributed by atoms with van der Waals surface area (Å²) >= 11 is 1.42. The number of amides is 5. The van der Waals surface area contributed by atoms with Crippen LogP contribution in [-0.2, 0) is 96.1 Å². The van der Waals surface area contributed by atoms with Gasteiger partial charge in [0.05, 0.1) is 29.3 Å². The number of nitrogens with two attached hydrogens (primary N) is 2. The molecule has 2 aliphatic rings. The van der Waals surface area contributed by atoms with Gasteiger partial charge in [0.15, 0.2) is 5.82 Å². The van der Waals surface area contributed by atoms with Gasteiger partial charge in [0.1, 0.15) is 17.4 Å². The van der Waals surface area contributed by atoms with E-state index in [1.54, 1.807) is 132 Å². The number of hydroxylamine groups is 1. The molecule has 16 N–H and O–H groups in total. The van der Waals surface area contributed by atoms with Crippen molar-refractivity contribution in [2.75, 3.05) is 27.7 Å². The van der Waals surface area contributed by atoms with Crippen LogP contribution in [0.1, 0.15) is 376 Å². The number of carbonyl (C=O) groups is 7. The highest BCUT2D eigenvalue weighted by Crippen LogP contribution is 2.34. The second-order valence-corrected chi connectivity index (χ2v) is 50.5. The van der Waals surface area contributed by atoms with E-state index < -0.39 is 28.3 Å². The molecule has 5 aromatic heterocycles. The second kappa shape index (κ2) is 62.2. The van der Waals surface area contributed by atoms with Crippen molar-refractivity contribution in [1.82, 2.24) is 71.6 Å². The van der Waals surface area contributed by atoms with Crippen molar-refractivity contribution < 1.29 is 61.9 Å². The van der Waals surface area contributed by atoms with E-state index in [0.29, 0.717) is 12.3 Å². The average Bonchev–Trinajstić information content (AvgIpc) is 1.67. The maximum absolute atomic E-state index is 11.4. The third-order valence-corrected chi connectivity index (χ3v) is 19.3. The minimum absolute atomic E-state index is 0. The van der Waals surface area contributed by atoms with Crippen LogP contribution < -0.4 is 55.1 Å². The summed E-state index contributed by atoms with van der Waals surface area (Å²) in [6, 6.07) is 19.1. The predicted molar refractivity (Wildman–Crippen MR) is 589 cm³/mol. The molecule has 2 aromatic carbocycles. The van der Waals surface area contributed by atoms with E-state index in [9.17, 15) is 61.5 Å². The average molecular weight is 2060 g/mol. The van der Waals surface area contributed by atoms with E-state index in [4.69, 9.17) is 32.9 Å². The molecule has 5 amide bonds. The van der Waals surface area contributed by atoms with Crippen LogP contribution in [0.25, 0.3) is 4.85 Å². The summed E-state index contributed by atoms with van der Waals surface area (Å²) in [5, 5.41) is 47.9. The number of halogens is 2. The third kappa shape index (κ3) is 73.0. The monoisotopic (exact) mass is 2060 g/mol. The maximum Gasteiger partial charge on any atom is 0.310 e. The number of benzene rings is 2. The summed E-state index contributed by atoms with van der Waals surface area (Å²) in [7, 11) is 6.51. The Hall–Kier alpha value is -11.8. The first-order chi connectivity index (χ1) is 64.1. The van der Waals surface area contributed by atoms with Gasteiger partial charge in [0.2, 0.25) is 36.1 Å². The van der Waals surface area contributed by atoms with Crippen LogP contribution >= 0.6 is 11.5 Å². The molecule has 7 heterocycles. The van der Waals surface area contributed by atoms with Crippen molar-refractivity contribution in [3.8, 4) is 0 Å². The number of methoxy groups -OCH3 is 1. The van der Waals surface area contributed by atoms with Crippen molar-refractivity contribution in [2.24, 2.45) is 71.8 Å². The highest BCUT2D eigenvalue weighted by molar-refractivity contribution is 7.05. The zero-order valence-electron chi connectivity index (χ0n) is 96.8. The fraction of sp³-hybridized carbons (Fsp3) is 0.639. The Kier molecular flexibility index (Phi) is 62.7. The molecular weight excluding hydrogens is 1870 g/mol. The van der Waals surface area contributed by atoms with Gasteiger partial charge < -0.3 is 51.7 Å². The van der Waals surface area contributed by atoms with Crippen LogP contribution in [0.5, 0.6) is 0 Å². The van der Waals surface area contributed by atoms with Gasteiger partial charge in [-0.05, 0) is 115 Å². The Labute approximate surface area is 869 Å². The van der Waals surface area contributed by atoms with Gasteiger partial charge in [-0.1, -0.05) is 325 Å². The number of tetrazole rings is 1. The number of nitrogens with one attached hydrogen (secondary N) is 10. The number of aromatic nitrogens is 10. The zero-order chi connectivity index (χ0) is 115. The van der Waals surface area contributed by atoms with Crippen LogP contribution in [-0.4, -0.2) is 141 Å². The fourth-order valence-electron chi connectivity index (χ4n) is 9.18. The van der Waals surface area contributed by atoms with Gasteiger partial charge in [-0.2, -0.15) is 19.2 Å². The number of aryl methyl sites for hydroxylation is 1. The lowest BCUT2D eigenvalue weighted by atomic mass is 9.86. The van der Waals surface area contributed by atoms with Crippen molar-refractivity contribution in [3.05, 3.63) is 188 Å². The predicted octanol–water partition coefficient (Wildman–Crippen LogP) is 21.6. The molecule has 0 radical (unpaired) electrons. The number of carboxylic acids is 1. The molecule has 145 heavy (non-hydrogen) atoms. The summed E-state index contributed by atoms with van der Waals surface area (Å²) in [6.45, 7) is 96.7. The number of aliphatic carboxylic acids is 1. The highest BCUT2D eigenvalue weighted by Gasteiger charge is 2.28. The van der Waals surface area contributed by atoms with Gasteiger partial charge in [0, 0.05) is 125 Å². The Balaban J connectivity index is -0.000000283. The Bertz CT molecular complexity index is 5230. The lowest BCUT2D eigenvalue weighted by Crippen LogP contribution is -2.32. The van der Waals surface area contributed by atoms with E-state index >= 15 is 0 Å². The Morgan fingerprint density at radius 3 is 1.21 bits per heavy atom. The van der Waals surface area contributed by atoms with Crippen LogP contribution in [0.3, 0.4) is 0 Å². The minimum Gasteiger partial charge on any atom is -0.481 e. The molecule has 0 spiro atoms. The smallest absolute Gasteiger partial charge is 0.310 e. The van der Waals surface area contributed by atoms with Crippen LogP contribution in [0.2, 0.25) is 0 Å². The van der Waals surface area contributed by atoms with Gasteiger partial charge in [-0.3, -0.25) is 77.2 Å². The van der Waals surface area contributed by atoms with E-state index in [-0.39, 0.29) is 130 Å². The molecule has 826 valence electrons. The molecule has 9 rings (SSSR count). The maximum atomic E-state index is 11.4. The number of hydrogen-bond donors (Lipinski definition) is 14. The molecule has 0 aliphatic carbocycles. The van der Waals surface area contributed by atoms with Gasteiger partial charge in [-0.25, -0.2) is 22.0 Å². The summed E-state index contributed by atoms with van der Waals surface area (Å²) in [4.78, 5) is 130. The molecule has 34 nitrogen and oxygen atoms in total. The number of aromatic amines is 6. The topological polar surface area (TPSA) is 518 Å². The largest absolute Gasteiger partial charge is 0.481 e. The molecule has 0 unspecified atom stereocenters. The quantitative estimate of drug-likeness (QED) is 0.0239. The fourth-order valence-corrected chi connectivity index (χ4v) is 9.92. The molecule has 37 heteroatoms. The van der Waals surface area contributed by atoms with Crippen molar-refractivity contribution in [3.63, 3.8) is 0 Å². The first-order valence-electron chi connectivity index (χ1n) is 47.3. The van der Waals surface area contributed by atoms with E-state index in [2.05, 4.69) is 215 Å². The van der Waals surface area contributed by atoms with Gasteiger partial charge in [0.25, 0.3) is 28.3 Å². The summed E-state index contributed by atoms with van der Waals surface area (Å²) in [5.74, 6) is 1.35. The number of carbonyl (C=O) groups excluding carboxylic acids is 6. The molecule has 7 aromatic rings. The number of rotatable bonds is 1. The lowest BCUT2D eigenvalue weighted by molar-refractivity contribution is -0.149. The molecular formula is C108H189F2N19O15S. The molecule has 0 bridgehead atoms. The SMILES string of the molecule is C.CC(=O)NC1=Nc2ccc(C(C)(C)C)cc2C1.CC(C)(C)C(=O)NO.CC(C)(C)C(=O)O.CC(C)(C)C(N)=O.CC(C)(C)C=C(F)F.CC(C)(C)c1cc(=O)[nH][nH]1.CC(C)(C)c1cc(=O)[nH]o1.CC(C)(C)c1cc(=O)[nH]s1.CC(C)(C)c1ccc2c(c1)CC(N)=N2.CC(C)(C)c1nn[nH]n1.CNC(=O)/C=C/C(C)(C)C.CNC(=O)C(C)(C)C.COC(=O)C(C)(C)C.Cn1[nH]c(=O)cc1C(C)(C)C.[C-]#[N+]CC(C)(C)C. The molecule has 0 saturated carbocycles. The van der Waals surface area contributed by atoms with Crippen molar-refractivity contribution in [1.29, 1.82) is 0 Å². The van der Waals surface area contributed by atoms with Crippen LogP contribution in [0, 0.1) is 49.9 Å². The van der Waals surface area contributed by atoms with Crippen molar-refractivity contribution in [2.45, 2.75) is 377 Å². The lowest BCUT2D eigenvalue weighted by Gasteiger charge is -2.19. The number of aliphatic imine (C=N–C) groups is 2. The normalized spacial score (nSPS) is 12.1. The van der Waals surface area contributed by atoms with Gasteiger partial charge in [-0.15, -0.1) is 10.2 Å². The number of likely N-dealkylation sites (N-methyl/N-ethyl adjacent to an activating group) is 1. The highest BCUT2D eigenvalue weighted by atomic mass is 32.1. The number of esters is 1. The number of carboxylic acid groups (broad SMARTS) is 1. The number of H-pyrrole nitrogens is 6. The number of amidine groups is 2. The number of allylic oxidation sites excluding steroid dienone is 2.